The molecule has 0 spiro atoms. The number of carbonyl (C=O) groups excluding carboxylic acids is 1. The van der Waals surface area contributed by atoms with Gasteiger partial charge in [0.2, 0.25) is 0 Å². The molecule has 17 heavy (non-hydrogen) atoms. The molecule has 0 fully saturated rings. The van der Waals surface area contributed by atoms with Crippen LogP contribution < -0.4 is 5.32 Å². The second-order valence-electron chi connectivity index (χ2n) is 3.53. The van der Waals surface area contributed by atoms with Crippen LogP contribution in [-0.4, -0.2) is 30.6 Å². The topological polar surface area (TPSA) is 51.2 Å². The van der Waals surface area contributed by atoms with E-state index >= 15 is 0 Å². The number of methoxy groups -OCH3 is 1. The maximum Gasteiger partial charge on any atom is 0.254 e. The summed E-state index contributed by atoms with van der Waals surface area (Å²) in [6, 6.07) is 1.62. The Morgan fingerprint density at radius 1 is 1.71 bits per heavy atom. The number of nitrogens with zero attached hydrogens (tertiary/aromatic N) is 1. The van der Waals surface area contributed by atoms with Crippen molar-refractivity contribution in [1.29, 1.82) is 0 Å². The maximum absolute atomic E-state index is 11.9. The van der Waals surface area contributed by atoms with Gasteiger partial charge in [-0.1, -0.05) is 18.5 Å². The van der Waals surface area contributed by atoms with Gasteiger partial charge >= 0.3 is 0 Å². The molecule has 0 saturated carbocycles. The first-order chi connectivity index (χ1) is 8.08. The minimum Gasteiger partial charge on any atom is -0.383 e. The second kappa shape index (κ2) is 6.93. The average molecular weight is 322 g/mol. The molecular formula is C11H14BrClN2O2. The van der Waals surface area contributed by atoms with E-state index in [0.29, 0.717) is 16.6 Å². The highest BCUT2D eigenvalue weighted by molar-refractivity contribution is 9.10. The smallest absolute Gasteiger partial charge is 0.254 e. The Hall–Kier alpha value is -0.650. The van der Waals surface area contributed by atoms with Crippen molar-refractivity contribution in [3.8, 4) is 0 Å². The number of amides is 1. The highest BCUT2D eigenvalue weighted by Crippen LogP contribution is 2.18. The third-order valence-corrected chi connectivity index (χ3v) is 2.98. The lowest BCUT2D eigenvalue weighted by Gasteiger charge is -2.16. The summed E-state index contributed by atoms with van der Waals surface area (Å²) in [6.07, 6.45) is 2.34. The number of ether oxygens (including phenoxy) is 1. The molecule has 1 rings (SSSR count). The zero-order valence-electron chi connectivity index (χ0n) is 9.67. The number of carbonyl (C=O) groups is 1. The Morgan fingerprint density at radius 2 is 2.41 bits per heavy atom. The van der Waals surface area contributed by atoms with Crippen LogP contribution in [0.15, 0.2) is 16.7 Å². The summed E-state index contributed by atoms with van der Waals surface area (Å²) in [5, 5.41) is 3.04. The fraction of sp³-hybridized carbons (Fsp3) is 0.455. The van der Waals surface area contributed by atoms with E-state index in [1.54, 1.807) is 19.4 Å². The quantitative estimate of drug-likeness (QED) is 0.848. The predicted octanol–water partition coefficient (Wildman–Crippen LogP) is 2.65. The number of aromatic nitrogens is 1. The van der Waals surface area contributed by atoms with E-state index < -0.39 is 0 Å². The van der Waals surface area contributed by atoms with Crippen molar-refractivity contribution in [1.82, 2.24) is 10.3 Å². The lowest BCUT2D eigenvalue weighted by atomic mass is 10.2. The van der Waals surface area contributed by atoms with Crippen molar-refractivity contribution in [3.63, 3.8) is 0 Å². The van der Waals surface area contributed by atoms with Crippen LogP contribution in [0.2, 0.25) is 5.15 Å². The van der Waals surface area contributed by atoms with E-state index in [0.717, 1.165) is 6.42 Å². The SMILES string of the molecule is CC[C@@H](COC)NC(=O)c1cc(Br)cnc1Cl. The van der Waals surface area contributed by atoms with Crippen LogP contribution in [0, 0.1) is 0 Å². The third-order valence-electron chi connectivity index (χ3n) is 2.25. The molecule has 0 bridgehead atoms. The largest absolute Gasteiger partial charge is 0.383 e. The van der Waals surface area contributed by atoms with Gasteiger partial charge in [0.05, 0.1) is 18.2 Å². The van der Waals surface area contributed by atoms with Crippen LogP contribution in [-0.2, 0) is 4.74 Å². The first-order valence-corrected chi connectivity index (χ1v) is 6.36. The normalized spacial score (nSPS) is 12.2. The Labute approximate surface area is 114 Å². The van der Waals surface area contributed by atoms with Gasteiger partial charge in [-0.2, -0.15) is 0 Å². The molecule has 1 N–H and O–H groups in total. The number of hydrogen-bond acceptors (Lipinski definition) is 3. The lowest BCUT2D eigenvalue weighted by molar-refractivity contribution is 0.0894. The predicted molar refractivity (Wildman–Crippen MR) is 70.4 cm³/mol. The average Bonchev–Trinajstić information content (AvgIpc) is 2.31. The van der Waals surface area contributed by atoms with Gasteiger partial charge < -0.3 is 10.1 Å². The number of pyridine rings is 1. The molecule has 1 aromatic heterocycles. The summed E-state index contributed by atoms with van der Waals surface area (Å²) in [4.78, 5) is 15.9. The minimum absolute atomic E-state index is 0.0254. The molecule has 1 aromatic rings. The van der Waals surface area contributed by atoms with E-state index in [2.05, 4.69) is 26.2 Å². The van der Waals surface area contributed by atoms with Crippen molar-refractivity contribution < 1.29 is 9.53 Å². The lowest BCUT2D eigenvalue weighted by Crippen LogP contribution is -2.37. The van der Waals surface area contributed by atoms with Crippen LogP contribution in [0.4, 0.5) is 0 Å². The number of hydrogen-bond donors (Lipinski definition) is 1. The van der Waals surface area contributed by atoms with Crippen molar-refractivity contribution in [2.45, 2.75) is 19.4 Å². The summed E-state index contributed by atoms with van der Waals surface area (Å²) < 4.78 is 5.73. The van der Waals surface area contributed by atoms with Crippen molar-refractivity contribution in [3.05, 3.63) is 27.5 Å². The number of nitrogens with one attached hydrogen (secondary N) is 1. The first-order valence-electron chi connectivity index (χ1n) is 5.19. The van der Waals surface area contributed by atoms with E-state index in [4.69, 9.17) is 16.3 Å². The molecule has 0 aliphatic heterocycles. The summed E-state index contributed by atoms with van der Waals surface area (Å²) >= 11 is 9.12. The first kappa shape index (κ1) is 14.4. The third kappa shape index (κ3) is 4.26. The zero-order chi connectivity index (χ0) is 12.8. The van der Waals surface area contributed by atoms with Gasteiger partial charge in [-0.3, -0.25) is 4.79 Å². The molecular weight excluding hydrogens is 307 g/mol. The van der Waals surface area contributed by atoms with Crippen LogP contribution in [0.1, 0.15) is 23.7 Å². The van der Waals surface area contributed by atoms with Crippen LogP contribution in [0.25, 0.3) is 0 Å². The van der Waals surface area contributed by atoms with Crippen molar-refractivity contribution in [2.75, 3.05) is 13.7 Å². The highest BCUT2D eigenvalue weighted by atomic mass is 79.9. The Morgan fingerprint density at radius 3 is 3.00 bits per heavy atom. The summed E-state index contributed by atoms with van der Waals surface area (Å²) in [6.45, 7) is 2.45. The molecule has 4 nitrogen and oxygen atoms in total. The van der Waals surface area contributed by atoms with Gasteiger partial charge in [0, 0.05) is 17.8 Å². The molecule has 0 unspecified atom stereocenters. The molecule has 1 heterocycles. The van der Waals surface area contributed by atoms with Gasteiger partial charge in [0.1, 0.15) is 5.15 Å². The van der Waals surface area contributed by atoms with Crippen molar-refractivity contribution >= 4 is 33.4 Å². The highest BCUT2D eigenvalue weighted by Gasteiger charge is 2.15. The van der Waals surface area contributed by atoms with Gasteiger partial charge in [-0.15, -0.1) is 0 Å². The van der Waals surface area contributed by atoms with Gasteiger partial charge in [0.25, 0.3) is 5.91 Å². The molecule has 6 heteroatoms. The monoisotopic (exact) mass is 320 g/mol. The van der Waals surface area contributed by atoms with Gasteiger partial charge in [-0.05, 0) is 28.4 Å². The molecule has 0 radical (unpaired) electrons. The van der Waals surface area contributed by atoms with E-state index in [1.807, 2.05) is 6.92 Å². The summed E-state index contributed by atoms with van der Waals surface area (Å²) in [5.41, 5.74) is 0.357. The summed E-state index contributed by atoms with van der Waals surface area (Å²) in [7, 11) is 1.60. The fourth-order valence-corrected chi connectivity index (χ4v) is 1.83. The molecule has 1 atom stereocenters. The van der Waals surface area contributed by atoms with Crippen molar-refractivity contribution in [2.24, 2.45) is 0 Å². The fourth-order valence-electron chi connectivity index (χ4n) is 1.31. The Balaban J connectivity index is 2.78. The van der Waals surface area contributed by atoms with Gasteiger partial charge in [0.15, 0.2) is 0 Å². The van der Waals surface area contributed by atoms with Gasteiger partial charge in [-0.25, -0.2) is 4.98 Å². The minimum atomic E-state index is -0.243. The summed E-state index contributed by atoms with van der Waals surface area (Å²) in [5.74, 6) is -0.243. The number of halogens is 2. The number of rotatable bonds is 5. The van der Waals surface area contributed by atoms with E-state index in [9.17, 15) is 4.79 Å². The van der Waals surface area contributed by atoms with E-state index in [1.165, 1.54) is 0 Å². The standard InChI is InChI=1S/C11H14BrClN2O2/c1-3-8(6-17-2)15-11(16)9-4-7(12)5-14-10(9)13/h4-5,8H,3,6H2,1-2H3,(H,15,16)/t8-/m0/s1. The molecule has 0 aliphatic rings. The van der Waals surface area contributed by atoms with Crippen LogP contribution in [0.5, 0.6) is 0 Å². The molecule has 0 aromatic carbocycles. The second-order valence-corrected chi connectivity index (χ2v) is 4.80. The Bertz CT molecular complexity index is 401. The Kier molecular flexibility index (Phi) is 5.88. The molecule has 94 valence electrons. The van der Waals surface area contributed by atoms with Crippen LogP contribution in [0.3, 0.4) is 0 Å². The molecule has 0 aliphatic carbocycles. The molecule has 1 amide bonds. The van der Waals surface area contributed by atoms with Crippen LogP contribution >= 0.6 is 27.5 Å². The molecule has 0 saturated heterocycles. The maximum atomic E-state index is 11.9. The van der Waals surface area contributed by atoms with E-state index in [-0.39, 0.29) is 17.1 Å². The zero-order valence-corrected chi connectivity index (χ0v) is 12.0.